The van der Waals surface area contributed by atoms with E-state index < -0.39 is 0 Å². The van der Waals surface area contributed by atoms with Crippen LogP contribution < -0.4 is 0 Å². The summed E-state index contributed by atoms with van der Waals surface area (Å²) >= 11 is 5.91. The van der Waals surface area contributed by atoms with Gasteiger partial charge in [0.15, 0.2) is 0 Å². The van der Waals surface area contributed by atoms with E-state index in [1.807, 2.05) is 12.1 Å². The smallest absolute Gasteiger partial charge is 0.136 e. The van der Waals surface area contributed by atoms with E-state index in [2.05, 4.69) is 16.9 Å². The van der Waals surface area contributed by atoms with E-state index in [9.17, 15) is 4.39 Å². The molecule has 1 heterocycles. The molecule has 0 atom stereocenters. The van der Waals surface area contributed by atoms with Gasteiger partial charge in [0.05, 0.1) is 5.69 Å². The Kier molecular flexibility index (Phi) is 3.72. The van der Waals surface area contributed by atoms with Crippen LogP contribution in [0, 0.1) is 17.7 Å². The second kappa shape index (κ2) is 5.82. The molecule has 0 radical (unpaired) electrons. The minimum atomic E-state index is -0.271. The predicted molar refractivity (Wildman–Crippen MR) is 81.0 cm³/mol. The van der Waals surface area contributed by atoms with Crippen LogP contribution in [-0.2, 0) is 0 Å². The molecule has 3 rings (SSSR count). The van der Waals surface area contributed by atoms with Gasteiger partial charge < -0.3 is 0 Å². The molecule has 0 fully saturated rings. The van der Waals surface area contributed by atoms with Gasteiger partial charge in [-0.3, -0.25) is 0 Å². The minimum Gasteiger partial charge on any atom is -0.240 e. The molecule has 1 aromatic heterocycles. The number of rotatable bonds is 1. The van der Waals surface area contributed by atoms with Gasteiger partial charge in [0, 0.05) is 16.8 Å². The van der Waals surface area contributed by atoms with E-state index in [0.29, 0.717) is 10.7 Å². The summed E-state index contributed by atoms with van der Waals surface area (Å²) in [7, 11) is 0. The first kappa shape index (κ1) is 13.4. The SMILES string of the molecule is Fc1ccc(-n2ccc(C#Cc3cccc(Cl)c3)n2)cc1. The summed E-state index contributed by atoms with van der Waals surface area (Å²) in [5.74, 6) is 5.71. The van der Waals surface area contributed by atoms with Crippen LogP contribution in [0.15, 0.2) is 60.8 Å². The molecule has 0 saturated heterocycles. The summed E-state index contributed by atoms with van der Waals surface area (Å²) in [6, 6.07) is 15.3. The molecule has 0 bridgehead atoms. The Morgan fingerprint density at radius 2 is 1.81 bits per heavy atom. The van der Waals surface area contributed by atoms with Crippen LogP contribution in [0.4, 0.5) is 4.39 Å². The van der Waals surface area contributed by atoms with Gasteiger partial charge in [-0.25, -0.2) is 9.07 Å². The molecule has 0 saturated carbocycles. The third-order valence-corrected chi connectivity index (χ3v) is 3.07. The third kappa shape index (κ3) is 3.31. The maximum absolute atomic E-state index is 12.9. The largest absolute Gasteiger partial charge is 0.240 e. The molecule has 0 unspecified atom stereocenters. The van der Waals surface area contributed by atoms with E-state index >= 15 is 0 Å². The Morgan fingerprint density at radius 1 is 1.00 bits per heavy atom. The zero-order chi connectivity index (χ0) is 14.7. The lowest BCUT2D eigenvalue weighted by atomic mass is 10.2. The monoisotopic (exact) mass is 296 g/mol. The van der Waals surface area contributed by atoms with Crippen molar-refractivity contribution < 1.29 is 4.39 Å². The summed E-state index contributed by atoms with van der Waals surface area (Å²) < 4.78 is 14.5. The molecule has 2 aromatic carbocycles. The fourth-order valence-corrected chi connectivity index (χ4v) is 2.02. The molecule has 4 heteroatoms. The summed E-state index contributed by atoms with van der Waals surface area (Å²) in [4.78, 5) is 0. The lowest BCUT2D eigenvalue weighted by Crippen LogP contribution is -1.94. The lowest BCUT2D eigenvalue weighted by molar-refractivity contribution is 0.627. The van der Waals surface area contributed by atoms with Crippen LogP contribution in [0.3, 0.4) is 0 Å². The first-order valence-corrected chi connectivity index (χ1v) is 6.68. The van der Waals surface area contributed by atoms with Crippen molar-refractivity contribution >= 4 is 11.6 Å². The molecule has 21 heavy (non-hydrogen) atoms. The molecule has 0 amide bonds. The average Bonchev–Trinajstić information content (AvgIpc) is 2.95. The van der Waals surface area contributed by atoms with Gasteiger partial charge in [-0.2, -0.15) is 5.10 Å². The van der Waals surface area contributed by atoms with Crippen molar-refractivity contribution in [2.24, 2.45) is 0 Å². The fraction of sp³-hybridized carbons (Fsp3) is 0. The Bertz CT molecular complexity index is 826. The molecule has 102 valence electrons. The number of nitrogens with zero attached hydrogens (tertiary/aromatic N) is 2. The van der Waals surface area contributed by atoms with Crippen LogP contribution in [0.5, 0.6) is 0 Å². The third-order valence-electron chi connectivity index (χ3n) is 2.84. The molecular formula is C17H10ClFN2. The Balaban J connectivity index is 1.84. The van der Waals surface area contributed by atoms with Crippen molar-refractivity contribution in [2.75, 3.05) is 0 Å². The molecule has 0 aliphatic heterocycles. The summed E-state index contributed by atoms with van der Waals surface area (Å²) in [5, 5.41) is 4.99. The fourth-order valence-electron chi connectivity index (χ4n) is 1.83. The van der Waals surface area contributed by atoms with E-state index in [-0.39, 0.29) is 5.82 Å². The van der Waals surface area contributed by atoms with Crippen LogP contribution in [0.2, 0.25) is 5.02 Å². The lowest BCUT2D eigenvalue weighted by Gasteiger charge is -1.99. The highest BCUT2D eigenvalue weighted by Gasteiger charge is 1.99. The van der Waals surface area contributed by atoms with Crippen molar-refractivity contribution in [3.63, 3.8) is 0 Å². The van der Waals surface area contributed by atoms with Crippen molar-refractivity contribution in [3.05, 3.63) is 82.9 Å². The highest BCUT2D eigenvalue weighted by molar-refractivity contribution is 6.30. The quantitative estimate of drug-likeness (QED) is 0.619. The average molecular weight is 297 g/mol. The van der Waals surface area contributed by atoms with Gasteiger partial charge in [0.25, 0.3) is 0 Å². The second-order valence-corrected chi connectivity index (χ2v) is 4.82. The topological polar surface area (TPSA) is 17.8 Å². The van der Waals surface area contributed by atoms with Gasteiger partial charge in [-0.15, -0.1) is 0 Å². The highest BCUT2D eigenvalue weighted by atomic mass is 35.5. The standard InChI is InChI=1S/C17H10ClFN2/c18-14-3-1-2-13(12-14)4-7-16-10-11-21(20-16)17-8-5-15(19)6-9-17/h1-3,5-6,8-12H. The Morgan fingerprint density at radius 3 is 2.57 bits per heavy atom. The summed E-state index contributed by atoms with van der Waals surface area (Å²) in [6.07, 6.45) is 1.79. The van der Waals surface area contributed by atoms with Crippen molar-refractivity contribution in [1.29, 1.82) is 0 Å². The number of hydrogen-bond donors (Lipinski definition) is 0. The van der Waals surface area contributed by atoms with Gasteiger partial charge in [0.1, 0.15) is 11.5 Å². The maximum atomic E-state index is 12.9. The van der Waals surface area contributed by atoms with Gasteiger partial charge in [0.2, 0.25) is 0 Å². The first-order valence-electron chi connectivity index (χ1n) is 6.30. The second-order valence-electron chi connectivity index (χ2n) is 4.38. The van der Waals surface area contributed by atoms with Gasteiger partial charge in [-0.05, 0) is 54.5 Å². The summed E-state index contributed by atoms with van der Waals surface area (Å²) in [6.45, 7) is 0. The van der Waals surface area contributed by atoms with Crippen LogP contribution in [-0.4, -0.2) is 9.78 Å². The Hall–Kier alpha value is -2.57. The molecule has 2 nitrogen and oxygen atoms in total. The van der Waals surface area contributed by atoms with E-state index in [4.69, 9.17) is 11.6 Å². The van der Waals surface area contributed by atoms with Crippen molar-refractivity contribution in [1.82, 2.24) is 9.78 Å². The summed E-state index contributed by atoms with van der Waals surface area (Å²) in [5.41, 5.74) is 2.25. The van der Waals surface area contributed by atoms with Crippen LogP contribution in [0.1, 0.15) is 11.3 Å². The van der Waals surface area contributed by atoms with Crippen molar-refractivity contribution in [2.45, 2.75) is 0 Å². The minimum absolute atomic E-state index is 0.271. The highest BCUT2D eigenvalue weighted by Crippen LogP contribution is 2.10. The molecule has 0 N–H and O–H groups in total. The number of aromatic nitrogens is 2. The van der Waals surface area contributed by atoms with E-state index in [1.54, 1.807) is 41.2 Å². The van der Waals surface area contributed by atoms with Crippen LogP contribution >= 0.6 is 11.6 Å². The first-order chi connectivity index (χ1) is 10.2. The Labute approximate surface area is 126 Å². The molecule has 0 aliphatic carbocycles. The van der Waals surface area contributed by atoms with E-state index in [0.717, 1.165) is 11.3 Å². The van der Waals surface area contributed by atoms with Gasteiger partial charge in [-0.1, -0.05) is 23.6 Å². The zero-order valence-corrected chi connectivity index (χ0v) is 11.7. The number of halogens is 2. The van der Waals surface area contributed by atoms with E-state index in [1.165, 1.54) is 12.1 Å². The molecule has 0 aliphatic rings. The number of benzene rings is 2. The number of hydrogen-bond acceptors (Lipinski definition) is 1. The zero-order valence-electron chi connectivity index (χ0n) is 10.9. The van der Waals surface area contributed by atoms with Crippen molar-refractivity contribution in [3.8, 4) is 17.5 Å². The normalized spacial score (nSPS) is 10.0. The van der Waals surface area contributed by atoms with Crippen LogP contribution in [0.25, 0.3) is 5.69 Å². The van der Waals surface area contributed by atoms with Gasteiger partial charge >= 0.3 is 0 Å². The molecule has 3 aromatic rings. The maximum Gasteiger partial charge on any atom is 0.136 e. The molecular weight excluding hydrogens is 287 g/mol. The predicted octanol–water partition coefficient (Wildman–Crippen LogP) is 4.06. The molecule has 0 spiro atoms.